The third kappa shape index (κ3) is 7.31. The first-order valence-corrected chi connectivity index (χ1v) is 16.2. The van der Waals surface area contributed by atoms with Gasteiger partial charge >= 0.3 is 17.9 Å². The Balaban J connectivity index is 1.34. The van der Waals surface area contributed by atoms with Crippen LogP contribution >= 0.6 is 0 Å². The normalized spacial score (nSPS) is 18.9. The first-order chi connectivity index (χ1) is 23.2. The van der Waals surface area contributed by atoms with Gasteiger partial charge in [-0.25, -0.2) is 32.6 Å². The van der Waals surface area contributed by atoms with E-state index >= 15 is 0 Å². The highest BCUT2D eigenvalue weighted by Gasteiger charge is 2.52. The van der Waals surface area contributed by atoms with Crippen LogP contribution in [-0.2, 0) is 29.0 Å². The minimum Gasteiger partial charge on any atom is -0.459 e. The number of carbonyl (C=O) groups excluding carboxylic acids is 3. The Bertz CT molecular complexity index is 2010. The lowest BCUT2D eigenvalue weighted by molar-refractivity contribution is -0.0678. The van der Waals surface area contributed by atoms with E-state index in [1.54, 1.807) is 91.0 Å². The quantitative estimate of drug-likeness (QED) is 0.169. The van der Waals surface area contributed by atoms with Crippen molar-refractivity contribution in [1.82, 2.24) is 15.0 Å². The molecule has 0 aliphatic carbocycles. The summed E-state index contributed by atoms with van der Waals surface area (Å²) in [6.07, 6.45) is -3.36. The summed E-state index contributed by atoms with van der Waals surface area (Å²) < 4.78 is 48.4. The molecule has 1 aliphatic heterocycles. The third-order valence-corrected chi connectivity index (χ3v) is 8.36. The highest BCUT2D eigenvalue weighted by Crippen LogP contribution is 2.36. The molecule has 4 aromatic carbocycles. The number of aromatic nitrogens is 3. The molecule has 244 valence electrons. The van der Waals surface area contributed by atoms with E-state index in [4.69, 9.17) is 24.1 Å². The minimum atomic E-state index is -3.91. The Hall–Kier alpha value is -5.70. The molecule has 4 atom stereocenters. The molecular weight excluding hydrogens is 640 g/mol. The summed E-state index contributed by atoms with van der Waals surface area (Å²) in [6, 6.07) is 30.4. The molecular formula is C34H28N4O9S. The Labute approximate surface area is 274 Å². The fraction of sp³-hybridized carbons (Fsp3) is 0.147. The summed E-state index contributed by atoms with van der Waals surface area (Å²) in [6.45, 7) is -0.368. The van der Waals surface area contributed by atoms with Gasteiger partial charge in [0.15, 0.2) is 18.4 Å². The number of hydrogen-bond donors (Lipinski definition) is 1. The van der Waals surface area contributed by atoms with Crippen molar-refractivity contribution < 1.29 is 41.7 Å². The van der Waals surface area contributed by atoms with Crippen LogP contribution < -0.4 is 5.14 Å². The lowest BCUT2D eigenvalue weighted by Crippen LogP contribution is -2.41. The fourth-order valence-electron chi connectivity index (χ4n) is 5.02. The van der Waals surface area contributed by atoms with Gasteiger partial charge in [0.25, 0.3) is 0 Å². The van der Waals surface area contributed by atoms with E-state index in [0.717, 1.165) is 0 Å². The van der Waals surface area contributed by atoms with Gasteiger partial charge in [0, 0.05) is 5.56 Å². The van der Waals surface area contributed by atoms with E-state index < -0.39 is 52.5 Å². The lowest BCUT2D eigenvalue weighted by Gasteiger charge is -2.24. The van der Waals surface area contributed by atoms with Gasteiger partial charge in [0.2, 0.25) is 10.0 Å². The summed E-state index contributed by atoms with van der Waals surface area (Å²) in [5.74, 6) is -2.09. The maximum atomic E-state index is 13.4. The van der Waals surface area contributed by atoms with Crippen LogP contribution in [0.15, 0.2) is 126 Å². The van der Waals surface area contributed by atoms with Crippen molar-refractivity contribution in [2.45, 2.75) is 29.4 Å². The predicted molar refractivity (Wildman–Crippen MR) is 169 cm³/mol. The zero-order valence-corrected chi connectivity index (χ0v) is 25.9. The summed E-state index contributed by atoms with van der Waals surface area (Å²) in [5.41, 5.74) is 1.60. The maximum Gasteiger partial charge on any atom is 0.338 e. The Morgan fingerprint density at radius 3 is 1.73 bits per heavy atom. The fourth-order valence-corrected chi connectivity index (χ4v) is 5.53. The summed E-state index contributed by atoms with van der Waals surface area (Å²) in [7, 11) is -3.91. The van der Waals surface area contributed by atoms with Gasteiger partial charge in [0.1, 0.15) is 18.4 Å². The zero-order valence-electron chi connectivity index (χ0n) is 25.1. The molecule has 1 saturated heterocycles. The number of nitrogens with zero attached hydrogens (tertiary/aromatic N) is 3. The van der Waals surface area contributed by atoms with Crippen molar-refractivity contribution in [2.24, 2.45) is 5.14 Å². The summed E-state index contributed by atoms with van der Waals surface area (Å²) >= 11 is 0. The van der Waals surface area contributed by atoms with Crippen molar-refractivity contribution in [1.29, 1.82) is 0 Å². The molecule has 14 heteroatoms. The predicted octanol–water partition coefficient (Wildman–Crippen LogP) is 3.80. The number of sulfonamides is 1. The minimum absolute atomic E-state index is 0.0818. The molecule has 48 heavy (non-hydrogen) atoms. The van der Waals surface area contributed by atoms with Crippen molar-refractivity contribution in [3.05, 3.63) is 138 Å². The average molecular weight is 669 g/mol. The van der Waals surface area contributed by atoms with E-state index in [2.05, 4.69) is 10.3 Å². The van der Waals surface area contributed by atoms with Gasteiger partial charge < -0.3 is 18.9 Å². The Kier molecular flexibility index (Phi) is 9.38. The first kappa shape index (κ1) is 32.2. The summed E-state index contributed by atoms with van der Waals surface area (Å²) in [5, 5.41) is 13.6. The van der Waals surface area contributed by atoms with Crippen LogP contribution in [0.3, 0.4) is 0 Å². The number of rotatable bonds is 10. The monoisotopic (exact) mass is 668 g/mol. The van der Waals surface area contributed by atoms with Gasteiger partial charge in [-0.05, 0) is 48.5 Å². The SMILES string of the molecule is NS(=O)(=O)c1ccc(-c2cn([C@@H]3O[C@H](COC(=O)c4ccccc4)[C@@H](OC(=O)c4ccccc4)[C@H]3OC(=O)c3ccccc3)nn2)cc1. The van der Waals surface area contributed by atoms with E-state index in [1.165, 1.54) is 35.1 Å². The first-order valence-electron chi connectivity index (χ1n) is 14.6. The van der Waals surface area contributed by atoms with Crippen LogP contribution in [0.25, 0.3) is 11.3 Å². The number of hydrogen-bond acceptors (Lipinski definition) is 11. The highest BCUT2D eigenvalue weighted by atomic mass is 32.2. The molecule has 0 amide bonds. The van der Waals surface area contributed by atoms with Crippen LogP contribution in [0, 0.1) is 0 Å². The second-order valence-electron chi connectivity index (χ2n) is 10.7. The smallest absolute Gasteiger partial charge is 0.338 e. The highest BCUT2D eigenvalue weighted by molar-refractivity contribution is 7.89. The van der Waals surface area contributed by atoms with E-state index in [0.29, 0.717) is 16.8 Å². The molecule has 0 saturated carbocycles. The molecule has 0 bridgehead atoms. The summed E-state index contributed by atoms with van der Waals surface area (Å²) in [4.78, 5) is 39.5. The number of benzene rings is 4. The molecule has 5 aromatic rings. The molecule has 0 unspecified atom stereocenters. The van der Waals surface area contributed by atoms with Crippen LogP contribution in [0.4, 0.5) is 0 Å². The number of carbonyl (C=O) groups is 3. The second kappa shape index (κ2) is 14.0. The van der Waals surface area contributed by atoms with E-state index in [-0.39, 0.29) is 22.6 Å². The topological polar surface area (TPSA) is 179 Å². The lowest BCUT2D eigenvalue weighted by atomic mass is 10.1. The molecule has 13 nitrogen and oxygen atoms in total. The average Bonchev–Trinajstić information content (AvgIpc) is 3.73. The number of esters is 3. The second-order valence-corrected chi connectivity index (χ2v) is 12.2. The number of nitrogens with two attached hydrogens (primary N) is 1. The van der Waals surface area contributed by atoms with Crippen molar-refractivity contribution in [3.63, 3.8) is 0 Å². The van der Waals surface area contributed by atoms with Gasteiger partial charge in [-0.15, -0.1) is 5.10 Å². The molecule has 2 N–H and O–H groups in total. The van der Waals surface area contributed by atoms with Gasteiger partial charge in [-0.3, -0.25) is 0 Å². The van der Waals surface area contributed by atoms with Gasteiger partial charge in [-0.1, -0.05) is 71.9 Å². The van der Waals surface area contributed by atoms with E-state index in [9.17, 15) is 22.8 Å². The largest absolute Gasteiger partial charge is 0.459 e. The van der Waals surface area contributed by atoms with Crippen LogP contribution in [0.1, 0.15) is 37.3 Å². The molecule has 0 radical (unpaired) electrons. The Morgan fingerprint density at radius 2 is 1.21 bits per heavy atom. The van der Waals surface area contributed by atoms with Crippen LogP contribution in [-0.4, -0.2) is 66.2 Å². The van der Waals surface area contributed by atoms with E-state index in [1.807, 2.05) is 0 Å². The molecule has 0 spiro atoms. The third-order valence-electron chi connectivity index (χ3n) is 7.43. The Morgan fingerprint density at radius 1 is 0.708 bits per heavy atom. The zero-order chi connectivity index (χ0) is 33.7. The number of primary sulfonamides is 1. The molecule has 1 aromatic heterocycles. The van der Waals surface area contributed by atoms with Crippen LogP contribution in [0.2, 0.25) is 0 Å². The molecule has 2 heterocycles. The van der Waals surface area contributed by atoms with Gasteiger partial charge in [0.05, 0.1) is 27.8 Å². The van der Waals surface area contributed by atoms with Crippen molar-refractivity contribution in [3.8, 4) is 11.3 Å². The molecule has 1 aliphatic rings. The van der Waals surface area contributed by atoms with Crippen molar-refractivity contribution in [2.75, 3.05) is 6.61 Å². The standard InChI is InChI=1S/C34H28N4O9S/c35-48(42,43)26-18-16-22(17-19-26)27-20-38(37-36-27)31-30(47-34(41)25-14-8-3-9-15-25)29(46-33(40)24-12-6-2-7-13-24)28(45-31)21-44-32(39)23-10-4-1-5-11-23/h1-20,28-31H,21H2,(H2,35,42,43)/t28-,29-,30-,31-/m1/s1. The van der Waals surface area contributed by atoms with Crippen LogP contribution in [0.5, 0.6) is 0 Å². The molecule has 1 fully saturated rings. The maximum absolute atomic E-state index is 13.4. The number of ether oxygens (including phenoxy) is 4. The van der Waals surface area contributed by atoms with Crippen molar-refractivity contribution >= 4 is 27.9 Å². The molecule has 6 rings (SSSR count). The van der Waals surface area contributed by atoms with Gasteiger partial charge in [-0.2, -0.15) is 0 Å².